The van der Waals surface area contributed by atoms with Crippen molar-refractivity contribution in [1.29, 1.82) is 0 Å². The van der Waals surface area contributed by atoms with Crippen molar-refractivity contribution >= 4 is 17.9 Å². The summed E-state index contributed by atoms with van der Waals surface area (Å²) in [5.41, 5.74) is -1.10. The molecule has 0 amide bonds. The van der Waals surface area contributed by atoms with Crippen molar-refractivity contribution < 1.29 is 23.6 Å². The van der Waals surface area contributed by atoms with Crippen molar-refractivity contribution in [3.63, 3.8) is 0 Å². The summed E-state index contributed by atoms with van der Waals surface area (Å²) >= 11 is 0. The van der Waals surface area contributed by atoms with Crippen LogP contribution in [0.1, 0.15) is 15.9 Å². The van der Waals surface area contributed by atoms with Gasteiger partial charge in [-0.3, -0.25) is 19.7 Å². The molecule has 0 heterocycles. The Hall–Kier alpha value is -2.31. The van der Waals surface area contributed by atoms with E-state index in [1.165, 1.54) is 0 Å². The van der Waals surface area contributed by atoms with Gasteiger partial charge in [0.1, 0.15) is 5.82 Å². The average molecular weight is 241 g/mol. The molecule has 0 N–H and O–H groups in total. The third-order valence-corrected chi connectivity index (χ3v) is 2.08. The maximum absolute atomic E-state index is 13.4. The van der Waals surface area contributed by atoms with Gasteiger partial charge in [-0.1, -0.05) is 0 Å². The lowest BCUT2D eigenvalue weighted by Crippen LogP contribution is -2.08. The van der Waals surface area contributed by atoms with E-state index in [4.69, 9.17) is 0 Å². The maximum Gasteiger partial charge on any atom is 0.310 e. The van der Waals surface area contributed by atoms with Gasteiger partial charge in [-0.25, -0.2) is 4.39 Å². The first kappa shape index (κ1) is 12.8. The lowest BCUT2D eigenvalue weighted by molar-refractivity contribution is -0.385. The first-order valence-corrected chi connectivity index (χ1v) is 4.48. The van der Waals surface area contributed by atoms with Crippen LogP contribution in [0.2, 0.25) is 0 Å². The Kier molecular flexibility index (Phi) is 3.86. The number of carbonyl (C=O) groups is 2. The van der Waals surface area contributed by atoms with E-state index in [-0.39, 0.29) is 17.4 Å². The van der Waals surface area contributed by atoms with Gasteiger partial charge < -0.3 is 4.74 Å². The molecule has 0 spiro atoms. The van der Waals surface area contributed by atoms with Crippen LogP contribution in [0.3, 0.4) is 0 Å². The van der Waals surface area contributed by atoms with Crippen LogP contribution in [-0.4, -0.2) is 24.3 Å². The summed E-state index contributed by atoms with van der Waals surface area (Å²) in [6.45, 7) is 0. The Morgan fingerprint density at radius 1 is 1.59 bits per heavy atom. The molecule has 1 aromatic carbocycles. The molecule has 0 aliphatic heterocycles. The lowest BCUT2D eigenvalue weighted by Gasteiger charge is -2.03. The summed E-state index contributed by atoms with van der Waals surface area (Å²) in [6, 6.07) is 1.58. The number of nitro benzene ring substituents is 1. The summed E-state index contributed by atoms with van der Waals surface area (Å²) in [4.78, 5) is 31.2. The van der Waals surface area contributed by atoms with Gasteiger partial charge in [-0.05, 0) is 6.07 Å². The molecule has 0 aliphatic carbocycles. The minimum absolute atomic E-state index is 0.184. The van der Waals surface area contributed by atoms with Gasteiger partial charge in [0, 0.05) is 11.6 Å². The standard InChI is InChI=1S/C10H8FNO5/c1-17-10(14)4-6-3-9(12(15)16)7(5-13)2-8(6)11/h2-3,5H,4H2,1H3. The van der Waals surface area contributed by atoms with Gasteiger partial charge in [0.25, 0.3) is 5.69 Å². The fourth-order valence-corrected chi connectivity index (χ4v) is 1.24. The Bertz CT molecular complexity index is 486. The lowest BCUT2D eigenvalue weighted by atomic mass is 10.1. The van der Waals surface area contributed by atoms with Gasteiger partial charge in [-0.15, -0.1) is 0 Å². The van der Waals surface area contributed by atoms with Crippen LogP contribution in [0.5, 0.6) is 0 Å². The molecule has 0 aromatic heterocycles. The van der Waals surface area contributed by atoms with Crippen LogP contribution in [0, 0.1) is 15.9 Å². The minimum Gasteiger partial charge on any atom is -0.469 e. The zero-order valence-corrected chi connectivity index (χ0v) is 8.81. The highest BCUT2D eigenvalue weighted by molar-refractivity contribution is 5.82. The fraction of sp³-hybridized carbons (Fsp3) is 0.200. The van der Waals surface area contributed by atoms with Gasteiger partial charge >= 0.3 is 5.97 Å². The van der Waals surface area contributed by atoms with E-state index in [1.807, 2.05) is 0 Å². The summed E-state index contributed by atoms with van der Waals surface area (Å²) < 4.78 is 17.7. The van der Waals surface area contributed by atoms with Crippen molar-refractivity contribution in [2.45, 2.75) is 6.42 Å². The average Bonchev–Trinajstić information content (AvgIpc) is 2.30. The number of methoxy groups -OCH3 is 1. The second kappa shape index (κ2) is 5.15. The monoisotopic (exact) mass is 241 g/mol. The molecule has 1 aromatic rings. The quantitative estimate of drug-likeness (QED) is 0.343. The second-order valence-corrected chi connectivity index (χ2v) is 3.13. The number of benzene rings is 1. The van der Waals surface area contributed by atoms with E-state index in [0.717, 1.165) is 19.2 Å². The molecule has 0 unspecified atom stereocenters. The minimum atomic E-state index is -0.858. The highest BCUT2D eigenvalue weighted by Gasteiger charge is 2.19. The summed E-state index contributed by atoms with van der Waals surface area (Å²) in [7, 11) is 1.12. The van der Waals surface area contributed by atoms with E-state index in [2.05, 4.69) is 4.74 Å². The predicted octanol–water partition coefficient (Wildman–Crippen LogP) is 1.26. The van der Waals surface area contributed by atoms with Gasteiger partial charge in [0.15, 0.2) is 6.29 Å². The highest BCUT2D eigenvalue weighted by Crippen LogP contribution is 2.22. The maximum atomic E-state index is 13.4. The van der Waals surface area contributed by atoms with Gasteiger partial charge in [-0.2, -0.15) is 0 Å². The van der Waals surface area contributed by atoms with Crippen LogP contribution < -0.4 is 0 Å². The predicted molar refractivity (Wildman–Crippen MR) is 54.2 cm³/mol. The number of hydrogen-bond acceptors (Lipinski definition) is 5. The summed E-state index contributed by atoms with van der Waals surface area (Å²) in [5, 5.41) is 10.6. The van der Waals surface area contributed by atoms with Crippen molar-refractivity contribution in [3.8, 4) is 0 Å². The summed E-state index contributed by atoms with van der Waals surface area (Å²) in [5.74, 6) is -1.58. The van der Waals surface area contributed by atoms with Crippen LogP contribution in [-0.2, 0) is 16.0 Å². The number of esters is 1. The molecule has 6 nitrogen and oxygen atoms in total. The Morgan fingerprint density at radius 2 is 2.24 bits per heavy atom. The van der Waals surface area contributed by atoms with Crippen molar-refractivity contribution in [1.82, 2.24) is 0 Å². The van der Waals surface area contributed by atoms with Crippen molar-refractivity contribution in [2.24, 2.45) is 0 Å². The number of rotatable bonds is 4. The molecule has 0 atom stereocenters. The van der Waals surface area contributed by atoms with E-state index >= 15 is 0 Å². The van der Waals surface area contributed by atoms with Gasteiger partial charge in [0.05, 0.1) is 24.0 Å². The Balaban J connectivity index is 3.24. The first-order chi connectivity index (χ1) is 7.99. The molecule has 7 heteroatoms. The molecule has 0 radical (unpaired) electrons. The highest BCUT2D eigenvalue weighted by atomic mass is 19.1. The van der Waals surface area contributed by atoms with Crippen LogP contribution >= 0.6 is 0 Å². The molecule has 17 heavy (non-hydrogen) atoms. The Morgan fingerprint density at radius 3 is 2.71 bits per heavy atom. The molecule has 90 valence electrons. The zero-order valence-electron chi connectivity index (χ0n) is 8.81. The molecule has 0 bridgehead atoms. The third kappa shape index (κ3) is 2.83. The number of carbonyl (C=O) groups excluding carboxylic acids is 2. The number of hydrogen-bond donors (Lipinski definition) is 0. The smallest absolute Gasteiger partial charge is 0.310 e. The molecular formula is C10H8FNO5. The number of nitrogens with zero attached hydrogens (tertiary/aromatic N) is 1. The summed E-state index contributed by atoms with van der Waals surface area (Å²) in [6.07, 6.45) is -0.245. The van der Waals surface area contributed by atoms with E-state index < -0.39 is 28.8 Å². The molecule has 0 saturated carbocycles. The number of halogens is 1. The molecular weight excluding hydrogens is 233 g/mol. The Labute approximate surface area is 95.1 Å². The van der Waals surface area contributed by atoms with Crippen LogP contribution in [0.15, 0.2) is 12.1 Å². The van der Waals surface area contributed by atoms with Gasteiger partial charge in [0.2, 0.25) is 0 Å². The zero-order chi connectivity index (χ0) is 13.0. The fourth-order valence-electron chi connectivity index (χ4n) is 1.24. The number of nitro groups is 1. The third-order valence-electron chi connectivity index (χ3n) is 2.08. The topological polar surface area (TPSA) is 86.5 Å². The van der Waals surface area contributed by atoms with Crippen LogP contribution in [0.4, 0.5) is 10.1 Å². The number of ether oxygens (including phenoxy) is 1. The van der Waals surface area contributed by atoms with Crippen molar-refractivity contribution in [2.75, 3.05) is 7.11 Å². The second-order valence-electron chi connectivity index (χ2n) is 3.13. The molecule has 1 rings (SSSR count). The molecule has 0 fully saturated rings. The van der Waals surface area contributed by atoms with Crippen molar-refractivity contribution in [3.05, 3.63) is 39.2 Å². The molecule has 0 saturated heterocycles. The van der Waals surface area contributed by atoms with E-state index in [1.54, 1.807) is 0 Å². The molecule has 0 aliphatic rings. The van der Waals surface area contributed by atoms with E-state index in [0.29, 0.717) is 0 Å². The number of aldehydes is 1. The largest absolute Gasteiger partial charge is 0.469 e. The van der Waals surface area contributed by atoms with Crippen LogP contribution in [0.25, 0.3) is 0 Å². The normalized spacial score (nSPS) is 9.76. The first-order valence-electron chi connectivity index (χ1n) is 4.48. The van der Waals surface area contributed by atoms with E-state index in [9.17, 15) is 24.1 Å². The SMILES string of the molecule is COC(=O)Cc1cc([N+](=O)[O-])c(C=O)cc1F.